The molecule has 1 aromatic rings. The fraction of sp³-hybridized carbons (Fsp3) is 0.625. The standard InChI is InChI=1S/C16H27N3O2/c1-17-7-8-18-9-11-19(12-10-18)15-3-5-16(6-4-15)21-14-13-20-2/h3-6,17H,7-14H2,1-2H3/i1D3,2D3,13D2,14D2. The average Bonchev–Trinajstić information content (AvgIpc) is 2.59. The number of hydrogen-bond donors (Lipinski definition) is 1. The van der Waals surface area contributed by atoms with E-state index in [0.717, 1.165) is 31.9 Å². The Morgan fingerprint density at radius 1 is 1.19 bits per heavy atom. The van der Waals surface area contributed by atoms with Crippen molar-refractivity contribution in [2.45, 2.75) is 0 Å². The van der Waals surface area contributed by atoms with E-state index in [2.05, 4.69) is 19.9 Å². The highest BCUT2D eigenvalue weighted by Crippen LogP contribution is 2.20. The van der Waals surface area contributed by atoms with Crippen LogP contribution < -0.4 is 15.0 Å². The summed E-state index contributed by atoms with van der Waals surface area (Å²) in [5.74, 6) is 0.0288. The Hall–Kier alpha value is -1.30. The van der Waals surface area contributed by atoms with Gasteiger partial charge in [-0.2, -0.15) is 0 Å². The summed E-state index contributed by atoms with van der Waals surface area (Å²) in [6.07, 6.45) is 0. The first kappa shape index (κ1) is 7.31. The van der Waals surface area contributed by atoms with Crippen molar-refractivity contribution < 1.29 is 23.2 Å². The number of likely N-dealkylation sites (N-methyl/N-ethyl adjacent to an activating group) is 1. The molecule has 1 saturated heterocycles. The van der Waals surface area contributed by atoms with Gasteiger partial charge in [-0.3, -0.25) is 4.90 Å². The van der Waals surface area contributed by atoms with Gasteiger partial charge in [0.25, 0.3) is 0 Å². The van der Waals surface area contributed by atoms with Gasteiger partial charge in [-0.1, -0.05) is 0 Å². The average molecular weight is 303 g/mol. The second kappa shape index (κ2) is 8.87. The molecule has 1 heterocycles. The van der Waals surface area contributed by atoms with E-state index in [1.165, 1.54) is 12.1 Å². The van der Waals surface area contributed by atoms with Crippen molar-refractivity contribution in [2.75, 3.05) is 71.3 Å². The first-order valence-electron chi connectivity index (χ1n) is 11.8. The minimum absolute atomic E-state index is 0.0288. The van der Waals surface area contributed by atoms with E-state index in [1.54, 1.807) is 12.1 Å². The van der Waals surface area contributed by atoms with Crippen LogP contribution in [0.15, 0.2) is 24.3 Å². The van der Waals surface area contributed by atoms with Crippen LogP contribution in [0.4, 0.5) is 5.69 Å². The molecule has 0 bridgehead atoms. The minimum Gasteiger partial charge on any atom is -0.491 e. The van der Waals surface area contributed by atoms with E-state index in [1.807, 2.05) is 0 Å². The molecular formula is C16H27N3O2. The highest BCUT2D eigenvalue weighted by atomic mass is 16.5. The van der Waals surface area contributed by atoms with Crippen LogP contribution in [0, 0.1) is 0 Å². The van der Waals surface area contributed by atoms with Crippen molar-refractivity contribution in [3.63, 3.8) is 0 Å². The molecule has 1 aliphatic rings. The fourth-order valence-corrected chi connectivity index (χ4v) is 2.27. The van der Waals surface area contributed by atoms with E-state index >= 15 is 0 Å². The second-order valence-corrected chi connectivity index (χ2v) is 4.66. The molecule has 1 N–H and O–H groups in total. The van der Waals surface area contributed by atoms with Gasteiger partial charge in [0, 0.05) is 56.1 Å². The van der Waals surface area contributed by atoms with Crippen LogP contribution in [0.1, 0.15) is 13.7 Å². The second-order valence-electron chi connectivity index (χ2n) is 4.66. The molecule has 21 heavy (non-hydrogen) atoms. The molecule has 5 nitrogen and oxygen atoms in total. The molecule has 1 fully saturated rings. The van der Waals surface area contributed by atoms with Gasteiger partial charge in [0.05, 0.1) is 16.2 Å². The van der Waals surface area contributed by atoms with E-state index in [-0.39, 0.29) is 5.75 Å². The summed E-state index contributed by atoms with van der Waals surface area (Å²) in [5.41, 5.74) is 0.870. The van der Waals surface area contributed by atoms with Gasteiger partial charge in [0.1, 0.15) is 12.3 Å². The SMILES string of the molecule is [2H]C([2H])([2H])NCCN1CCN(c2ccc(OC([2H])([2H])C([2H])([2H])OC([2H])([2H])[2H])cc2)CC1. The number of nitrogens with one attached hydrogen (secondary N) is 1. The summed E-state index contributed by atoms with van der Waals surface area (Å²) < 4.78 is 82.3. The number of anilines is 1. The van der Waals surface area contributed by atoms with Crippen molar-refractivity contribution in [3.8, 4) is 5.75 Å². The fourth-order valence-electron chi connectivity index (χ4n) is 2.27. The zero-order chi connectivity index (χ0) is 23.5. The smallest absolute Gasteiger partial charge is 0.119 e. The van der Waals surface area contributed by atoms with Gasteiger partial charge in [-0.25, -0.2) is 0 Å². The van der Waals surface area contributed by atoms with Crippen molar-refractivity contribution in [2.24, 2.45) is 0 Å². The number of piperazine rings is 1. The third-order valence-corrected chi connectivity index (χ3v) is 3.39. The number of benzene rings is 1. The molecule has 0 aliphatic carbocycles. The van der Waals surface area contributed by atoms with Crippen LogP contribution in [0.5, 0.6) is 5.75 Å². The number of methoxy groups -OCH3 is 1. The molecule has 118 valence electrons. The predicted octanol–water partition coefficient (Wildman–Crippen LogP) is 1.05. The van der Waals surface area contributed by atoms with E-state index in [4.69, 9.17) is 18.4 Å². The van der Waals surface area contributed by atoms with Crippen LogP contribution in [-0.2, 0) is 4.74 Å². The number of hydrogen-bond acceptors (Lipinski definition) is 5. The zero-order valence-corrected chi connectivity index (χ0v) is 11.8. The topological polar surface area (TPSA) is 37.0 Å². The number of ether oxygens (including phenoxy) is 2. The Morgan fingerprint density at radius 3 is 2.71 bits per heavy atom. The van der Waals surface area contributed by atoms with Gasteiger partial charge in [0.2, 0.25) is 0 Å². The monoisotopic (exact) mass is 303 g/mol. The van der Waals surface area contributed by atoms with E-state index < -0.39 is 27.1 Å². The third-order valence-electron chi connectivity index (χ3n) is 3.39. The van der Waals surface area contributed by atoms with Crippen LogP contribution in [0.2, 0.25) is 0 Å². The van der Waals surface area contributed by atoms with Gasteiger partial charge in [-0.05, 0) is 31.2 Å². The lowest BCUT2D eigenvalue weighted by Gasteiger charge is -2.36. The van der Waals surface area contributed by atoms with Crippen LogP contribution in [0.3, 0.4) is 0 Å². The highest BCUT2D eigenvalue weighted by molar-refractivity contribution is 5.49. The van der Waals surface area contributed by atoms with Gasteiger partial charge >= 0.3 is 0 Å². The Morgan fingerprint density at radius 2 is 2.00 bits per heavy atom. The Kier molecular flexibility index (Phi) is 3.09. The summed E-state index contributed by atoms with van der Waals surface area (Å²) >= 11 is 0. The van der Waals surface area contributed by atoms with Crippen molar-refractivity contribution in [1.29, 1.82) is 0 Å². The van der Waals surface area contributed by atoms with Gasteiger partial charge in [-0.15, -0.1) is 0 Å². The molecule has 0 saturated carbocycles. The summed E-state index contributed by atoms with van der Waals surface area (Å²) in [5, 5.41) is 2.49. The summed E-state index contributed by atoms with van der Waals surface area (Å²) in [6.45, 7) is -4.38. The Labute approximate surface area is 141 Å². The lowest BCUT2D eigenvalue weighted by Crippen LogP contribution is -2.48. The normalized spacial score (nSPS) is 25.8. The van der Waals surface area contributed by atoms with Gasteiger partial charge in [0.15, 0.2) is 0 Å². The first-order valence-corrected chi connectivity index (χ1v) is 6.80. The molecular weight excluding hydrogens is 266 g/mol. The first-order chi connectivity index (χ1) is 14.1. The molecule has 0 radical (unpaired) electrons. The number of rotatable bonds is 8. The van der Waals surface area contributed by atoms with Crippen LogP contribution in [-0.4, -0.2) is 71.3 Å². The van der Waals surface area contributed by atoms with Crippen molar-refractivity contribution in [1.82, 2.24) is 10.2 Å². The molecule has 0 atom stereocenters. The molecule has 0 spiro atoms. The predicted molar refractivity (Wildman–Crippen MR) is 86.4 cm³/mol. The Bertz CT molecular complexity index is 701. The van der Waals surface area contributed by atoms with Crippen molar-refractivity contribution >= 4 is 5.69 Å². The van der Waals surface area contributed by atoms with Crippen LogP contribution >= 0.6 is 0 Å². The van der Waals surface area contributed by atoms with E-state index in [9.17, 15) is 0 Å². The summed E-state index contributed by atoms with van der Waals surface area (Å²) in [6, 6.07) is 6.37. The van der Waals surface area contributed by atoms with Crippen LogP contribution in [0.25, 0.3) is 0 Å². The van der Waals surface area contributed by atoms with Crippen molar-refractivity contribution in [3.05, 3.63) is 24.3 Å². The maximum Gasteiger partial charge on any atom is 0.119 e. The van der Waals surface area contributed by atoms with E-state index in [0.29, 0.717) is 13.1 Å². The molecule has 0 aromatic heterocycles. The number of nitrogens with zero attached hydrogens (tertiary/aromatic N) is 2. The lowest BCUT2D eigenvalue weighted by molar-refractivity contribution is 0.146. The molecule has 0 amide bonds. The lowest BCUT2D eigenvalue weighted by atomic mass is 10.2. The molecule has 1 aliphatic heterocycles. The summed E-state index contributed by atoms with van der Waals surface area (Å²) in [4.78, 5) is 4.28. The molecule has 0 unspecified atom stereocenters. The highest BCUT2D eigenvalue weighted by Gasteiger charge is 2.16. The molecule has 5 heteroatoms. The third kappa shape index (κ3) is 5.19. The maximum absolute atomic E-state index is 7.75. The maximum atomic E-state index is 7.75. The Balaban J connectivity index is 1.88. The summed E-state index contributed by atoms with van der Waals surface area (Å²) in [7, 11) is -3.12. The zero-order valence-electron chi connectivity index (χ0n) is 21.8. The molecule has 2 rings (SSSR count). The molecule has 1 aromatic carbocycles. The quantitative estimate of drug-likeness (QED) is 0.777. The minimum atomic E-state index is -3.19. The largest absolute Gasteiger partial charge is 0.491 e. The van der Waals surface area contributed by atoms with Gasteiger partial charge < -0.3 is 19.7 Å².